The van der Waals surface area contributed by atoms with Crippen LogP contribution in [-0.2, 0) is 13.2 Å². The van der Waals surface area contributed by atoms with Crippen LogP contribution in [0.4, 0.5) is 0 Å². The molecule has 8 heteroatoms. The maximum Gasteiger partial charge on any atom is 0.292 e. The fourth-order valence-electron chi connectivity index (χ4n) is 3.07. The molecule has 1 aliphatic rings. The minimum Gasteiger partial charge on any atom is -0.490 e. The molecule has 1 unspecified atom stereocenters. The first-order valence-electron chi connectivity index (χ1n) is 9.24. The van der Waals surface area contributed by atoms with Gasteiger partial charge in [0.15, 0.2) is 18.2 Å². The zero-order valence-corrected chi connectivity index (χ0v) is 16.9. The normalized spacial score (nSPS) is 13.3. The second-order valence-corrected chi connectivity index (χ2v) is 7.13. The van der Waals surface area contributed by atoms with Crippen molar-refractivity contribution in [3.8, 4) is 28.7 Å². The molecule has 29 heavy (non-hydrogen) atoms. The van der Waals surface area contributed by atoms with Crippen molar-refractivity contribution in [1.82, 2.24) is 9.78 Å². The molecule has 0 saturated heterocycles. The Balaban J connectivity index is 1.41. The van der Waals surface area contributed by atoms with Gasteiger partial charge in [0.05, 0.1) is 7.05 Å². The van der Waals surface area contributed by atoms with Gasteiger partial charge in [0, 0.05) is 11.1 Å². The van der Waals surface area contributed by atoms with Gasteiger partial charge in [0.2, 0.25) is 12.7 Å². The molecule has 0 saturated carbocycles. The highest BCUT2D eigenvalue weighted by Gasteiger charge is 2.17. The standard InChI is InChI=1S/C21H21N3O4S/c1-3-10-25-17-7-4-15(5-8-17)12-23(2)13-24-21(29)28-20(22-24)16-6-9-18-19(11-16)27-14-26-18/h3-9,11H,1,10,12-14H2,2H3/p+1. The van der Waals surface area contributed by atoms with Crippen LogP contribution >= 0.6 is 12.2 Å². The molecule has 0 bridgehead atoms. The van der Waals surface area contributed by atoms with Gasteiger partial charge in [-0.25, -0.2) is 0 Å². The summed E-state index contributed by atoms with van der Waals surface area (Å²) in [5, 5.41) is 4.53. The number of hydrogen-bond acceptors (Lipinski definition) is 6. The molecule has 7 nitrogen and oxygen atoms in total. The summed E-state index contributed by atoms with van der Waals surface area (Å²) < 4.78 is 23.7. The number of hydrogen-bond donors (Lipinski definition) is 1. The smallest absolute Gasteiger partial charge is 0.292 e. The molecule has 0 amide bonds. The number of ether oxygens (including phenoxy) is 3. The zero-order chi connectivity index (χ0) is 20.2. The Morgan fingerprint density at radius 3 is 2.79 bits per heavy atom. The molecule has 150 valence electrons. The van der Waals surface area contributed by atoms with E-state index in [4.69, 9.17) is 30.8 Å². The second kappa shape index (κ2) is 8.50. The van der Waals surface area contributed by atoms with Crippen LogP contribution in [0.5, 0.6) is 17.2 Å². The van der Waals surface area contributed by atoms with Crippen molar-refractivity contribution in [1.29, 1.82) is 0 Å². The van der Waals surface area contributed by atoms with Gasteiger partial charge in [0.1, 0.15) is 18.9 Å². The number of benzene rings is 2. The van der Waals surface area contributed by atoms with Gasteiger partial charge >= 0.3 is 0 Å². The summed E-state index contributed by atoms with van der Waals surface area (Å²) in [7, 11) is 2.08. The molecular formula is C21H22N3O4S+. The molecule has 2 heterocycles. The number of aromatic nitrogens is 2. The average Bonchev–Trinajstić information content (AvgIpc) is 3.33. The average molecular weight is 412 g/mol. The van der Waals surface area contributed by atoms with Gasteiger partial charge < -0.3 is 23.5 Å². The van der Waals surface area contributed by atoms with E-state index in [2.05, 4.69) is 30.9 Å². The van der Waals surface area contributed by atoms with Crippen molar-refractivity contribution in [3.63, 3.8) is 0 Å². The Labute approximate surface area is 173 Å². The molecule has 4 rings (SSSR count). The topological polar surface area (TPSA) is 63.1 Å². The Hall–Kier alpha value is -3.10. The van der Waals surface area contributed by atoms with Gasteiger partial charge in [-0.05, 0) is 54.7 Å². The lowest BCUT2D eigenvalue weighted by molar-refractivity contribution is -0.917. The van der Waals surface area contributed by atoms with Crippen molar-refractivity contribution in [3.05, 3.63) is 65.5 Å². The van der Waals surface area contributed by atoms with Gasteiger partial charge in [-0.3, -0.25) is 0 Å². The highest BCUT2D eigenvalue weighted by atomic mass is 32.1. The molecule has 2 aromatic carbocycles. The van der Waals surface area contributed by atoms with Crippen LogP contribution in [-0.4, -0.2) is 30.2 Å². The van der Waals surface area contributed by atoms with Crippen LogP contribution in [0.3, 0.4) is 0 Å². The predicted molar refractivity (Wildman–Crippen MR) is 110 cm³/mol. The second-order valence-electron chi connectivity index (χ2n) is 6.78. The molecule has 0 aliphatic carbocycles. The maximum absolute atomic E-state index is 5.70. The predicted octanol–water partition coefficient (Wildman–Crippen LogP) is 2.84. The summed E-state index contributed by atoms with van der Waals surface area (Å²) in [4.78, 5) is 1.55. The fraction of sp³-hybridized carbons (Fsp3) is 0.238. The summed E-state index contributed by atoms with van der Waals surface area (Å²) in [5.41, 5.74) is 1.99. The van der Waals surface area contributed by atoms with E-state index in [1.54, 1.807) is 10.8 Å². The van der Waals surface area contributed by atoms with E-state index in [0.29, 0.717) is 29.8 Å². The van der Waals surface area contributed by atoms with Crippen molar-refractivity contribution >= 4 is 12.2 Å². The summed E-state index contributed by atoms with van der Waals surface area (Å²) in [6, 6.07) is 13.6. The first-order valence-corrected chi connectivity index (χ1v) is 9.65. The van der Waals surface area contributed by atoms with Gasteiger partial charge in [-0.2, -0.15) is 4.68 Å². The number of fused-ring (bicyclic) bond motifs is 1. The van der Waals surface area contributed by atoms with Crippen LogP contribution in [0, 0.1) is 4.84 Å². The summed E-state index contributed by atoms with van der Waals surface area (Å²) in [5.74, 6) is 2.70. The number of nitrogens with zero attached hydrogens (tertiary/aromatic N) is 2. The summed E-state index contributed by atoms with van der Waals surface area (Å²) >= 11 is 5.35. The van der Waals surface area contributed by atoms with Crippen LogP contribution in [0.2, 0.25) is 0 Å². The van der Waals surface area contributed by atoms with E-state index in [1.807, 2.05) is 30.3 Å². The van der Waals surface area contributed by atoms with Crippen molar-refractivity contribution < 1.29 is 23.5 Å². The first-order chi connectivity index (χ1) is 14.1. The highest BCUT2D eigenvalue weighted by molar-refractivity contribution is 7.71. The third-order valence-corrected chi connectivity index (χ3v) is 4.74. The molecule has 1 aliphatic heterocycles. The number of rotatable bonds is 8. The molecule has 0 radical (unpaired) electrons. The Morgan fingerprint density at radius 2 is 2.00 bits per heavy atom. The van der Waals surface area contributed by atoms with Gasteiger partial charge in [0.25, 0.3) is 4.84 Å². The molecular weight excluding hydrogens is 390 g/mol. The lowest BCUT2D eigenvalue weighted by Crippen LogP contribution is -3.07. The largest absolute Gasteiger partial charge is 0.490 e. The third kappa shape index (κ3) is 4.49. The monoisotopic (exact) mass is 412 g/mol. The Kier molecular flexibility index (Phi) is 5.64. The fourth-order valence-corrected chi connectivity index (χ4v) is 3.26. The van der Waals surface area contributed by atoms with E-state index in [1.165, 1.54) is 10.5 Å². The first kappa shape index (κ1) is 19.2. The van der Waals surface area contributed by atoms with Gasteiger partial charge in [-0.1, -0.05) is 12.7 Å². The SMILES string of the molecule is C=CCOc1ccc(C[NH+](C)Cn2nc(-c3ccc4c(c3)OCO4)oc2=S)cc1. The molecule has 0 fully saturated rings. The molecule has 3 aromatic rings. The van der Waals surface area contributed by atoms with E-state index in [-0.39, 0.29) is 6.79 Å². The summed E-state index contributed by atoms with van der Waals surface area (Å²) in [6.07, 6.45) is 1.73. The molecule has 1 atom stereocenters. The van der Waals surface area contributed by atoms with Crippen LogP contribution < -0.4 is 19.1 Å². The van der Waals surface area contributed by atoms with E-state index in [0.717, 1.165) is 23.6 Å². The van der Waals surface area contributed by atoms with E-state index < -0.39 is 0 Å². The van der Waals surface area contributed by atoms with Crippen molar-refractivity contribution in [2.24, 2.45) is 0 Å². The van der Waals surface area contributed by atoms with E-state index in [9.17, 15) is 0 Å². The number of nitrogens with one attached hydrogen (secondary N) is 1. The quantitative estimate of drug-likeness (QED) is 0.454. The van der Waals surface area contributed by atoms with E-state index >= 15 is 0 Å². The maximum atomic E-state index is 5.70. The lowest BCUT2D eigenvalue weighted by atomic mass is 10.2. The summed E-state index contributed by atoms with van der Waals surface area (Å²) in [6.45, 7) is 5.78. The third-order valence-electron chi connectivity index (χ3n) is 4.44. The minimum absolute atomic E-state index is 0.228. The van der Waals surface area contributed by atoms with Crippen LogP contribution in [0.1, 0.15) is 5.56 Å². The van der Waals surface area contributed by atoms with Crippen molar-refractivity contribution in [2.45, 2.75) is 13.2 Å². The van der Waals surface area contributed by atoms with Gasteiger partial charge in [-0.15, -0.1) is 5.10 Å². The van der Waals surface area contributed by atoms with Crippen molar-refractivity contribution in [2.75, 3.05) is 20.4 Å². The van der Waals surface area contributed by atoms with Crippen LogP contribution in [0.15, 0.2) is 59.5 Å². The van der Waals surface area contributed by atoms with Crippen LogP contribution in [0.25, 0.3) is 11.5 Å². The molecule has 1 aromatic heterocycles. The highest BCUT2D eigenvalue weighted by Crippen LogP contribution is 2.35. The molecule has 1 N–H and O–H groups in total. The Bertz CT molecular complexity index is 1060. The Morgan fingerprint density at radius 1 is 1.21 bits per heavy atom. The molecule has 0 spiro atoms. The lowest BCUT2D eigenvalue weighted by Gasteiger charge is -2.13. The minimum atomic E-state index is 0.228. The number of quaternary nitrogens is 1. The zero-order valence-electron chi connectivity index (χ0n) is 16.1.